The van der Waals surface area contributed by atoms with Crippen molar-refractivity contribution in [3.05, 3.63) is 58.6 Å². The lowest BCUT2D eigenvalue weighted by atomic mass is 10.2. The Morgan fingerprint density at radius 2 is 2.00 bits per heavy atom. The zero-order valence-electron chi connectivity index (χ0n) is 12.8. The van der Waals surface area contributed by atoms with Crippen LogP contribution < -0.4 is 5.43 Å². The lowest BCUT2D eigenvalue weighted by Gasteiger charge is -1.99. The number of hydrazone groups is 1. The van der Waals surface area contributed by atoms with E-state index in [4.69, 9.17) is 0 Å². The molecule has 0 atom stereocenters. The number of aryl methyl sites for hydroxylation is 1. The summed E-state index contributed by atoms with van der Waals surface area (Å²) in [4.78, 5) is 4.52. The standard InChI is InChI=1S/C17H13BrN6/c1-24-14-8-3-2-7-13(14)15-16(24)20-17(23-21-15)22-19-10-11-5-4-6-12(18)9-11/h2-10H,1H3,(H,20,22,23)/b19-10+. The molecule has 24 heavy (non-hydrogen) atoms. The number of halogens is 1. The van der Waals surface area contributed by atoms with Crippen LogP contribution in [0.4, 0.5) is 5.95 Å². The molecule has 2 aromatic heterocycles. The molecule has 0 fully saturated rings. The summed E-state index contributed by atoms with van der Waals surface area (Å²) >= 11 is 3.43. The Bertz CT molecular complexity index is 1070. The summed E-state index contributed by atoms with van der Waals surface area (Å²) in [5.41, 5.74) is 6.43. The van der Waals surface area contributed by atoms with Crippen LogP contribution >= 0.6 is 15.9 Å². The van der Waals surface area contributed by atoms with Crippen molar-refractivity contribution >= 4 is 50.2 Å². The Morgan fingerprint density at radius 3 is 2.88 bits per heavy atom. The van der Waals surface area contributed by atoms with Crippen LogP contribution in [0.15, 0.2) is 58.1 Å². The van der Waals surface area contributed by atoms with E-state index in [1.54, 1.807) is 6.21 Å². The van der Waals surface area contributed by atoms with E-state index in [9.17, 15) is 0 Å². The van der Waals surface area contributed by atoms with Gasteiger partial charge >= 0.3 is 0 Å². The summed E-state index contributed by atoms with van der Waals surface area (Å²) in [6.45, 7) is 0. The normalized spacial score (nSPS) is 11.6. The van der Waals surface area contributed by atoms with Crippen LogP contribution in [0.1, 0.15) is 5.56 Å². The molecule has 1 N–H and O–H groups in total. The highest BCUT2D eigenvalue weighted by atomic mass is 79.9. The number of aromatic nitrogens is 4. The molecule has 0 spiro atoms. The Kier molecular flexibility index (Phi) is 3.70. The minimum Gasteiger partial charge on any atom is -0.327 e. The van der Waals surface area contributed by atoms with Crippen molar-refractivity contribution in [1.29, 1.82) is 0 Å². The molecule has 6 nitrogen and oxygen atoms in total. The molecule has 0 amide bonds. The van der Waals surface area contributed by atoms with Crippen molar-refractivity contribution in [2.75, 3.05) is 5.43 Å². The van der Waals surface area contributed by atoms with E-state index in [-0.39, 0.29) is 0 Å². The van der Waals surface area contributed by atoms with Gasteiger partial charge in [0.15, 0.2) is 5.65 Å². The van der Waals surface area contributed by atoms with Crippen LogP contribution in [0.5, 0.6) is 0 Å². The highest BCUT2D eigenvalue weighted by Gasteiger charge is 2.11. The van der Waals surface area contributed by atoms with Gasteiger partial charge in [0.25, 0.3) is 5.95 Å². The van der Waals surface area contributed by atoms with E-state index in [0.29, 0.717) is 5.95 Å². The van der Waals surface area contributed by atoms with Gasteiger partial charge in [-0.15, -0.1) is 10.2 Å². The first-order valence-corrected chi connectivity index (χ1v) is 8.14. The molecule has 2 heterocycles. The molecule has 0 bridgehead atoms. The number of hydrogen-bond donors (Lipinski definition) is 1. The maximum absolute atomic E-state index is 4.52. The summed E-state index contributed by atoms with van der Waals surface area (Å²) in [6, 6.07) is 15.9. The molecule has 4 aromatic rings. The number of rotatable bonds is 3. The van der Waals surface area contributed by atoms with Crippen molar-refractivity contribution in [3.8, 4) is 0 Å². The fourth-order valence-electron chi connectivity index (χ4n) is 2.61. The molecular formula is C17H13BrN6. The van der Waals surface area contributed by atoms with Crippen LogP contribution in [-0.2, 0) is 7.05 Å². The van der Waals surface area contributed by atoms with E-state index in [1.165, 1.54) is 0 Å². The van der Waals surface area contributed by atoms with Crippen LogP contribution in [0.25, 0.3) is 22.1 Å². The third kappa shape index (κ3) is 2.63. The van der Waals surface area contributed by atoms with Crippen molar-refractivity contribution in [3.63, 3.8) is 0 Å². The van der Waals surface area contributed by atoms with Crippen LogP contribution in [0.3, 0.4) is 0 Å². The molecule has 0 radical (unpaired) electrons. The zero-order chi connectivity index (χ0) is 16.5. The number of nitrogens with zero attached hydrogens (tertiary/aromatic N) is 5. The fraction of sp³-hybridized carbons (Fsp3) is 0.0588. The molecule has 2 aromatic carbocycles. The Morgan fingerprint density at radius 1 is 1.12 bits per heavy atom. The minimum atomic E-state index is 0.361. The van der Waals surface area contributed by atoms with Gasteiger partial charge in [0.2, 0.25) is 0 Å². The average molecular weight is 381 g/mol. The minimum absolute atomic E-state index is 0.361. The molecule has 0 aliphatic heterocycles. The molecule has 0 aliphatic rings. The molecular weight excluding hydrogens is 368 g/mol. The van der Waals surface area contributed by atoms with Crippen LogP contribution in [0.2, 0.25) is 0 Å². The summed E-state index contributed by atoms with van der Waals surface area (Å²) in [7, 11) is 1.97. The van der Waals surface area contributed by atoms with E-state index in [2.05, 4.69) is 41.6 Å². The van der Waals surface area contributed by atoms with Crippen molar-refractivity contribution in [2.45, 2.75) is 0 Å². The van der Waals surface area contributed by atoms with Crippen molar-refractivity contribution < 1.29 is 0 Å². The summed E-state index contributed by atoms with van der Waals surface area (Å²) < 4.78 is 3.00. The number of para-hydroxylation sites is 1. The maximum Gasteiger partial charge on any atom is 0.265 e. The number of fused-ring (bicyclic) bond motifs is 3. The third-order valence-corrected chi connectivity index (χ3v) is 4.23. The number of anilines is 1. The van der Waals surface area contributed by atoms with Crippen molar-refractivity contribution in [2.24, 2.45) is 12.1 Å². The topological polar surface area (TPSA) is 68.0 Å². The highest BCUT2D eigenvalue weighted by Crippen LogP contribution is 2.24. The first-order valence-electron chi connectivity index (χ1n) is 7.35. The zero-order valence-corrected chi connectivity index (χ0v) is 14.4. The average Bonchev–Trinajstić information content (AvgIpc) is 2.88. The summed E-state index contributed by atoms with van der Waals surface area (Å²) in [5.74, 6) is 0.361. The molecule has 7 heteroatoms. The number of nitrogens with one attached hydrogen (secondary N) is 1. The molecule has 0 saturated heterocycles. The summed E-state index contributed by atoms with van der Waals surface area (Å²) in [5, 5.41) is 13.6. The Hall–Kier alpha value is -2.80. The van der Waals surface area contributed by atoms with Gasteiger partial charge in [0.1, 0.15) is 5.52 Å². The van der Waals surface area contributed by atoms with Crippen LogP contribution in [-0.4, -0.2) is 26.0 Å². The SMILES string of the molecule is Cn1c2ccccc2c2nnc(N/N=C/c3cccc(Br)c3)nc21. The first-order chi connectivity index (χ1) is 11.7. The Labute approximate surface area is 146 Å². The van der Waals surface area contributed by atoms with Gasteiger partial charge in [-0.05, 0) is 23.8 Å². The van der Waals surface area contributed by atoms with Gasteiger partial charge in [0, 0.05) is 16.9 Å². The molecule has 0 aliphatic carbocycles. The second-order valence-corrected chi connectivity index (χ2v) is 6.22. The van der Waals surface area contributed by atoms with E-state index in [0.717, 1.165) is 32.1 Å². The van der Waals surface area contributed by atoms with Crippen LogP contribution in [0, 0.1) is 0 Å². The second kappa shape index (κ2) is 6.01. The first kappa shape index (κ1) is 14.8. The molecule has 0 saturated carbocycles. The van der Waals surface area contributed by atoms with Crippen molar-refractivity contribution in [1.82, 2.24) is 19.7 Å². The van der Waals surface area contributed by atoms with Gasteiger partial charge in [0.05, 0.1) is 11.7 Å². The number of hydrogen-bond acceptors (Lipinski definition) is 5. The second-order valence-electron chi connectivity index (χ2n) is 5.31. The van der Waals surface area contributed by atoms with E-state index >= 15 is 0 Å². The largest absolute Gasteiger partial charge is 0.327 e. The lowest BCUT2D eigenvalue weighted by Crippen LogP contribution is -2.00. The predicted molar refractivity (Wildman–Crippen MR) is 99.2 cm³/mol. The van der Waals surface area contributed by atoms with Gasteiger partial charge in [-0.1, -0.05) is 46.3 Å². The van der Waals surface area contributed by atoms with E-state index in [1.807, 2.05) is 60.1 Å². The third-order valence-electron chi connectivity index (χ3n) is 3.73. The number of benzene rings is 2. The van der Waals surface area contributed by atoms with Gasteiger partial charge in [-0.25, -0.2) is 5.43 Å². The van der Waals surface area contributed by atoms with Gasteiger partial charge < -0.3 is 4.57 Å². The Balaban J connectivity index is 1.66. The maximum atomic E-state index is 4.52. The highest BCUT2D eigenvalue weighted by molar-refractivity contribution is 9.10. The quantitative estimate of drug-likeness (QED) is 0.434. The van der Waals surface area contributed by atoms with Gasteiger partial charge in [-0.2, -0.15) is 10.1 Å². The fourth-order valence-corrected chi connectivity index (χ4v) is 3.02. The molecule has 118 valence electrons. The summed E-state index contributed by atoms with van der Waals surface area (Å²) in [6.07, 6.45) is 1.71. The monoisotopic (exact) mass is 380 g/mol. The van der Waals surface area contributed by atoms with E-state index < -0.39 is 0 Å². The molecule has 4 rings (SSSR count). The lowest BCUT2D eigenvalue weighted by molar-refractivity contribution is 0.949. The smallest absolute Gasteiger partial charge is 0.265 e. The molecule has 0 unspecified atom stereocenters. The predicted octanol–water partition coefficient (Wildman–Crippen LogP) is 3.73. The van der Waals surface area contributed by atoms with Gasteiger partial charge in [-0.3, -0.25) is 0 Å².